The molecule has 1 aromatic rings. The molecule has 0 aromatic heterocycles. The van der Waals surface area contributed by atoms with Crippen molar-refractivity contribution in [2.24, 2.45) is 11.7 Å². The van der Waals surface area contributed by atoms with Crippen LogP contribution in [0.3, 0.4) is 0 Å². The molecule has 1 aromatic carbocycles. The summed E-state index contributed by atoms with van der Waals surface area (Å²) in [6.45, 7) is 1.01. The highest BCUT2D eigenvalue weighted by Crippen LogP contribution is 2.19. The van der Waals surface area contributed by atoms with E-state index in [4.69, 9.17) is 5.73 Å². The number of rotatable bonds is 5. The lowest BCUT2D eigenvalue weighted by Crippen LogP contribution is -2.15. The molecule has 0 saturated heterocycles. The first-order valence-electron chi connectivity index (χ1n) is 6.50. The number of hydrogen-bond donors (Lipinski definition) is 2. The number of nitrogens with two attached hydrogens (primary N) is 1. The molecule has 0 radical (unpaired) electrons. The number of carbonyl (C=O) groups excluding carboxylic acids is 1. The standard InChI is InChI=1S/C15H20N2O/c16-15(18)10-12-6-8-14(9-7-12)17-11-13-4-2-1-3-5-13/h1-2,6-9,13,17H,3-5,10-11H2,(H2,16,18). The molecule has 0 aliphatic heterocycles. The van der Waals surface area contributed by atoms with Crippen LogP contribution in [0.4, 0.5) is 5.69 Å². The van der Waals surface area contributed by atoms with Gasteiger partial charge in [0.05, 0.1) is 6.42 Å². The molecule has 96 valence electrons. The molecular weight excluding hydrogens is 224 g/mol. The van der Waals surface area contributed by atoms with E-state index in [-0.39, 0.29) is 5.91 Å². The molecule has 0 fully saturated rings. The minimum absolute atomic E-state index is 0.287. The zero-order chi connectivity index (χ0) is 12.8. The van der Waals surface area contributed by atoms with Crippen molar-refractivity contribution in [3.8, 4) is 0 Å². The number of amides is 1. The molecule has 1 amide bonds. The number of hydrogen-bond acceptors (Lipinski definition) is 2. The lowest BCUT2D eigenvalue weighted by molar-refractivity contribution is -0.117. The van der Waals surface area contributed by atoms with Gasteiger partial charge >= 0.3 is 0 Å². The highest BCUT2D eigenvalue weighted by molar-refractivity contribution is 5.76. The van der Waals surface area contributed by atoms with Gasteiger partial charge in [-0.05, 0) is 42.9 Å². The molecule has 3 nitrogen and oxygen atoms in total. The summed E-state index contributed by atoms with van der Waals surface area (Å²) in [5.41, 5.74) is 7.23. The molecule has 0 spiro atoms. The maximum atomic E-state index is 10.8. The molecule has 0 saturated carbocycles. The Morgan fingerprint density at radius 3 is 2.67 bits per heavy atom. The summed E-state index contributed by atoms with van der Waals surface area (Å²) >= 11 is 0. The Morgan fingerprint density at radius 1 is 1.28 bits per heavy atom. The monoisotopic (exact) mass is 244 g/mol. The van der Waals surface area contributed by atoms with E-state index in [1.54, 1.807) is 0 Å². The van der Waals surface area contributed by atoms with Crippen LogP contribution in [0.5, 0.6) is 0 Å². The average molecular weight is 244 g/mol. The average Bonchev–Trinajstić information content (AvgIpc) is 2.38. The van der Waals surface area contributed by atoms with Gasteiger partial charge in [0.25, 0.3) is 0 Å². The number of benzene rings is 1. The van der Waals surface area contributed by atoms with Gasteiger partial charge in [-0.25, -0.2) is 0 Å². The first-order valence-corrected chi connectivity index (χ1v) is 6.50. The van der Waals surface area contributed by atoms with E-state index in [1.807, 2.05) is 24.3 Å². The quantitative estimate of drug-likeness (QED) is 0.782. The van der Waals surface area contributed by atoms with Crippen molar-refractivity contribution >= 4 is 11.6 Å². The van der Waals surface area contributed by atoms with Crippen LogP contribution in [-0.2, 0) is 11.2 Å². The topological polar surface area (TPSA) is 55.1 Å². The SMILES string of the molecule is NC(=O)Cc1ccc(NCC2CC=CCC2)cc1. The Morgan fingerprint density at radius 2 is 2.06 bits per heavy atom. The van der Waals surface area contributed by atoms with E-state index in [1.165, 1.54) is 19.3 Å². The Labute approximate surface area is 108 Å². The van der Waals surface area contributed by atoms with Crippen LogP contribution in [0, 0.1) is 5.92 Å². The summed E-state index contributed by atoms with van der Waals surface area (Å²) in [6.07, 6.45) is 8.48. The smallest absolute Gasteiger partial charge is 0.221 e. The fourth-order valence-corrected chi connectivity index (χ4v) is 2.25. The van der Waals surface area contributed by atoms with E-state index in [0.29, 0.717) is 6.42 Å². The molecular formula is C15H20N2O. The van der Waals surface area contributed by atoms with Gasteiger partial charge < -0.3 is 11.1 Å². The van der Waals surface area contributed by atoms with Crippen molar-refractivity contribution in [2.45, 2.75) is 25.7 Å². The molecule has 2 rings (SSSR count). The van der Waals surface area contributed by atoms with Gasteiger partial charge in [0, 0.05) is 12.2 Å². The lowest BCUT2D eigenvalue weighted by Gasteiger charge is -2.18. The van der Waals surface area contributed by atoms with Gasteiger partial charge in [0.1, 0.15) is 0 Å². The van der Waals surface area contributed by atoms with E-state index in [9.17, 15) is 4.79 Å². The molecule has 1 unspecified atom stereocenters. The third-order valence-electron chi connectivity index (χ3n) is 3.30. The molecule has 18 heavy (non-hydrogen) atoms. The van der Waals surface area contributed by atoms with Gasteiger partial charge in [0.15, 0.2) is 0 Å². The summed E-state index contributed by atoms with van der Waals surface area (Å²) in [6, 6.07) is 7.93. The minimum atomic E-state index is -0.287. The van der Waals surface area contributed by atoms with Crippen LogP contribution in [0.25, 0.3) is 0 Å². The normalized spacial score (nSPS) is 18.6. The van der Waals surface area contributed by atoms with E-state index in [2.05, 4.69) is 17.5 Å². The van der Waals surface area contributed by atoms with Crippen molar-refractivity contribution in [3.05, 3.63) is 42.0 Å². The third-order valence-corrected chi connectivity index (χ3v) is 3.30. The summed E-state index contributed by atoms with van der Waals surface area (Å²) in [4.78, 5) is 10.8. The molecule has 1 atom stereocenters. The fraction of sp³-hybridized carbons (Fsp3) is 0.400. The highest BCUT2D eigenvalue weighted by atomic mass is 16.1. The zero-order valence-electron chi connectivity index (χ0n) is 10.6. The largest absolute Gasteiger partial charge is 0.385 e. The first kappa shape index (κ1) is 12.7. The zero-order valence-corrected chi connectivity index (χ0v) is 10.6. The van der Waals surface area contributed by atoms with Gasteiger partial charge in [-0.3, -0.25) is 4.79 Å². The summed E-state index contributed by atoms with van der Waals surface area (Å²) < 4.78 is 0. The van der Waals surface area contributed by atoms with Crippen LogP contribution in [-0.4, -0.2) is 12.5 Å². The summed E-state index contributed by atoms with van der Waals surface area (Å²) in [5.74, 6) is 0.449. The van der Waals surface area contributed by atoms with Crippen LogP contribution < -0.4 is 11.1 Å². The second-order valence-electron chi connectivity index (χ2n) is 4.87. The predicted octanol–water partition coefficient (Wildman–Crippen LogP) is 2.48. The maximum Gasteiger partial charge on any atom is 0.221 e. The lowest BCUT2D eigenvalue weighted by atomic mass is 9.94. The van der Waals surface area contributed by atoms with E-state index in [0.717, 1.165) is 23.7 Å². The van der Waals surface area contributed by atoms with Gasteiger partial charge in [-0.15, -0.1) is 0 Å². The molecule has 1 aliphatic rings. The van der Waals surface area contributed by atoms with Crippen LogP contribution in [0.1, 0.15) is 24.8 Å². The number of allylic oxidation sites excluding steroid dienone is 2. The molecule has 3 N–H and O–H groups in total. The third kappa shape index (κ3) is 3.91. The van der Waals surface area contributed by atoms with Crippen LogP contribution >= 0.6 is 0 Å². The number of anilines is 1. The summed E-state index contributed by atoms with van der Waals surface area (Å²) in [5, 5.41) is 3.44. The Hall–Kier alpha value is -1.77. The van der Waals surface area contributed by atoms with Crippen molar-refractivity contribution in [1.29, 1.82) is 0 Å². The van der Waals surface area contributed by atoms with Crippen molar-refractivity contribution in [3.63, 3.8) is 0 Å². The maximum absolute atomic E-state index is 10.8. The number of primary amides is 1. The number of nitrogens with one attached hydrogen (secondary N) is 1. The van der Waals surface area contributed by atoms with Crippen molar-refractivity contribution < 1.29 is 4.79 Å². The van der Waals surface area contributed by atoms with Gasteiger partial charge in [-0.1, -0.05) is 24.3 Å². The van der Waals surface area contributed by atoms with Gasteiger partial charge in [0.2, 0.25) is 5.91 Å². The van der Waals surface area contributed by atoms with Gasteiger partial charge in [-0.2, -0.15) is 0 Å². The highest BCUT2D eigenvalue weighted by Gasteiger charge is 2.09. The minimum Gasteiger partial charge on any atom is -0.385 e. The second-order valence-corrected chi connectivity index (χ2v) is 4.87. The summed E-state index contributed by atoms with van der Waals surface area (Å²) in [7, 11) is 0. The predicted molar refractivity (Wildman–Crippen MR) is 74.3 cm³/mol. The van der Waals surface area contributed by atoms with Crippen LogP contribution in [0.2, 0.25) is 0 Å². The molecule has 0 bridgehead atoms. The molecule has 0 heterocycles. The fourth-order valence-electron chi connectivity index (χ4n) is 2.25. The Kier molecular flexibility index (Phi) is 4.40. The van der Waals surface area contributed by atoms with E-state index < -0.39 is 0 Å². The Bertz CT molecular complexity index is 423. The first-order chi connectivity index (χ1) is 8.74. The van der Waals surface area contributed by atoms with Crippen LogP contribution in [0.15, 0.2) is 36.4 Å². The number of carbonyl (C=O) groups is 1. The van der Waals surface area contributed by atoms with Crippen molar-refractivity contribution in [1.82, 2.24) is 0 Å². The van der Waals surface area contributed by atoms with Crippen molar-refractivity contribution in [2.75, 3.05) is 11.9 Å². The van der Waals surface area contributed by atoms with E-state index >= 15 is 0 Å². The Balaban J connectivity index is 1.82. The molecule has 3 heteroatoms. The molecule has 1 aliphatic carbocycles. The second kappa shape index (κ2) is 6.24.